The maximum Gasteiger partial charge on any atom is 0.280 e. The first kappa shape index (κ1) is 17.3. The minimum atomic E-state index is -0.494. The molecule has 1 atom stereocenters. The lowest BCUT2D eigenvalue weighted by molar-refractivity contribution is -0.131. The van der Waals surface area contributed by atoms with Gasteiger partial charge >= 0.3 is 0 Å². The van der Waals surface area contributed by atoms with Crippen LogP contribution in [0.4, 0.5) is 0 Å². The van der Waals surface area contributed by atoms with Crippen molar-refractivity contribution in [2.45, 2.75) is 24.9 Å². The van der Waals surface area contributed by atoms with Gasteiger partial charge in [0.05, 0.1) is 6.54 Å². The van der Waals surface area contributed by atoms with Crippen molar-refractivity contribution in [3.8, 4) is 5.75 Å². The molecule has 1 aromatic heterocycles. The van der Waals surface area contributed by atoms with E-state index in [0.29, 0.717) is 38.3 Å². The van der Waals surface area contributed by atoms with E-state index in [2.05, 4.69) is 5.16 Å². The molecule has 1 saturated heterocycles. The zero-order valence-corrected chi connectivity index (χ0v) is 14.2. The second-order valence-electron chi connectivity index (χ2n) is 6.23. The third-order valence-corrected chi connectivity index (χ3v) is 4.51. The fraction of sp³-hybridized carbons (Fsp3) is 0.444. The van der Waals surface area contributed by atoms with Crippen molar-refractivity contribution >= 4 is 5.91 Å². The standard InChI is InChI=1S/C18H22N2O5/c1-23-18(13-24-14-5-3-2-4-6-14)9-10-20(12-18)17(22)8-7-15-11-16(21)19-25-15/h2-6,11H,7-10,12-13H2,1H3,(H,19,21)/t18-/m0/s1. The summed E-state index contributed by atoms with van der Waals surface area (Å²) >= 11 is 0. The zero-order chi connectivity index (χ0) is 17.7. The molecule has 1 aliphatic heterocycles. The third-order valence-electron chi connectivity index (χ3n) is 4.51. The van der Waals surface area contributed by atoms with Crippen LogP contribution in [0.1, 0.15) is 18.6 Å². The molecule has 1 aliphatic rings. The Kier molecular flexibility index (Phi) is 5.23. The van der Waals surface area contributed by atoms with Crippen molar-refractivity contribution in [2.75, 3.05) is 26.8 Å². The highest BCUT2D eigenvalue weighted by Crippen LogP contribution is 2.27. The first-order valence-electron chi connectivity index (χ1n) is 8.28. The summed E-state index contributed by atoms with van der Waals surface area (Å²) in [6, 6.07) is 10.9. The Morgan fingerprint density at radius 1 is 1.36 bits per heavy atom. The molecule has 1 fully saturated rings. The van der Waals surface area contributed by atoms with Crippen LogP contribution < -0.4 is 10.3 Å². The monoisotopic (exact) mass is 346 g/mol. The molecule has 0 unspecified atom stereocenters. The molecule has 7 heteroatoms. The highest BCUT2D eigenvalue weighted by molar-refractivity contribution is 5.76. The van der Waals surface area contributed by atoms with Crippen LogP contribution in [0.25, 0.3) is 0 Å². The Labute approximate surface area is 145 Å². The lowest BCUT2D eigenvalue weighted by atomic mass is 10.0. The number of rotatable bonds is 7. The van der Waals surface area contributed by atoms with E-state index in [9.17, 15) is 9.59 Å². The summed E-state index contributed by atoms with van der Waals surface area (Å²) in [7, 11) is 1.65. The van der Waals surface area contributed by atoms with Crippen LogP contribution in [0.15, 0.2) is 45.7 Å². The summed E-state index contributed by atoms with van der Waals surface area (Å²) in [5.74, 6) is 1.29. The van der Waals surface area contributed by atoms with Crippen LogP contribution in [0.2, 0.25) is 0 Å². The molecule has 0 aliphatic carbocycles. The molecule has 1 amide bonds. The predicted molar refractivity (Wildman–Crippen MR) is 90.5 cm³/mol. The number of amides is 1. The van der Waals surface area contributed by atoms with Gasteiger partial charge in [-0.05, 0) is 18.6 Å². The molecular formula is C18H22N2O5. The third kappa shape index (κ3) is 4.30. The van der Waals surface area contributed by atoms with Crippen molar-refractivity contribution in [3.63, 3.8) is 0 Å². The maximum atomic E-state index is 12.4. The average molecular weight is 346 g/mol. The van der Waals surface area contributed by atoms with E-state index in [-0.39, 0.29) is 11.5 Å². The van der Waals surface area contributed by atoms with Gasteiger partial charge < -0.3 is 18.9 Å². The van der Waals surface area contributed by atoms with Gasteiger partial charge in [-0.1, -0.05) is 18.2 Å². The van der Waals surface area contributed by atoms with Gasteiger partial charge in [0, 0.05) is 32.6 Å². The fourth-order valence-electron chi connectivity index (χ4n) is 2.96. The SMILES string of the molecule is CO[C@@]1(COc2ccccc2)CCN(C(=O)CCc2cc(=O)[nH]o2)C1. The van der Waals surface area contributed by atoms with E-state index in [1.54, 1.807) is 12.0 Å². The van der Waals surface area contributed by atoms with E-state index in [1.807, 2.05) is 30.3 Å². The normalized spacial score (nSPS) is 20.0. The lowest BCUT2D eigenvalue weighted by Gasteiger charge is -2.27. The Morgan fingerprint density at radius 2 is 2.16 bits per heavy atom. The summed E-state index contributed by atoms with van der Waals surface area (Å²) in [6.45, 7) is 1.51. The van der Waals surface area contributed by atoms with Crippen molar-refractivity contribution in [1.29, 1.82) is 0 Å². The number of hydrogen-bond acceptors (Lipinski definition) is 5. The van der Waals surface area contributed by atoms with Crippen molar-refractivity contribution in [3.05, 3.63) is 52.5 Å². The zero-order valence-electron chi connectivity index (χ0n) is 14.2. The number of aryl methyl sites for hydroxylation is 1. The van der Waals surface area contributed by atoms with E-state index in [0.717, 1.165) is 12.2 Å². The molecule has 1 aromatic carbocycles. The Morgan fingerprint density at radius 3 is 2.84 bits per heavy atom. The first-order valence-corrected chi connectivity index (χ1v) is 8.28. The Bertz CT molecular complexity index is 754. The smallest absolute Gasteiger partial charge is 0.280 e. The Balaban J connectivity index is 1.52. The molecule has 3 rings (SSSR count). The quantitative estimate of drug-likeness (QED) is 0.823. The first-order chi connectivity index (χ1) is 12.1. The van der Waals surface area contributed by atoms with Crippen molar-refractivity contribution in [2.24, 2.45) is 0 Å². The van der Waals surface area contributed by atoms with Gasteiger partial charge in [0.25, 0.3) is 5.56 Å². The van der Waals surface area contributed by atoms with Crippen LogP contribution in [0.3, 0.4) is 0 Å². The molecule has 2 aromatic rings. The van der Waals surface area contributed by atoms with E-state index in [4.69, 9.17) is 14.0 Å². The van der Waals surface area contributed by atoms with E-state index in [1.165, 1.54) is 6.07 Å². The number of methoxy groups -OCH3 is 1. The summed E-state index contributed by atoms with van der Waals surface area (Å²) in [5, 5.41) is 2.22. The molecule has 0 bridgehead atoms. The number of ether oxygens (including phenoxy) is 2. The van der Waals surface area contributed by atoms with Gasteiger partial charge in [0.2, 0.25) is 5.91 Å². The van der Waals surface area contributed by atoms with Gasteiger partial charge in [-0.25, -0.2) is 0 Å². The summed E-state index contributed by atoms with van der Waals surface area (Å²) in [4.78, 5) is 25.2. The molecule has 25 heavy (non-hydrogen) atoms. The number of para-hydroxylation sites is 1. The molecule has 0 saturated carbocycles. The molecule has 7 nitrogen and oxygen atoms in total. The largest absolute Gasteiger partial charge is 0.491 e. The van der Waals surface area contributed by atoms with Gasteiger partial charge in [-0.3, -0.25) is 9.59 Å². The molecule has 0 spiro atoms. The molecule has 2 heterocycles. The number of hydrogen-bond donors (Lipinski definition) is 1. The number of H-pyrrole nitrogens is 1. The minimum Gasteiger partial charge on any atom is -0.491 e. The van der Waals surface area contributed by atoms with Crippen LogP contribution in [0.5, 0.6) is 5.75 Å². The highest BCUT2D eigenvalue weighted by atomic mass is 16.5. The Hall–Kier alpha value is -2.54. The predicted octanol–water partition coefficient (Wildman–Crippen LogP) is 1.60. The molecule has 1 N–H and O–H groups in total. The van der Waals surface area contributed by atoms with Gasteiger partial charge in [0.15, 0.2) is 0 Å². The number of aromatic amines is 1. The van der Waals surface area contributed by atoms with Crippen LogP contribution in [-0.4, -0.2) is 48.4 Å². The number of nitrogens with zero attached hydrogens (tertiary/aromatic N) is 1. The summed E-state index contributed by atoms with van der Waals surface area (Å²) < 4.78 is 16.5. The number of aromatic nitrogens is 1. The van der Waals surface area contributed by atoms with Gasteiger partial charge in [-0.2, -0.15) is 5.16 Å². The number of benzene rings is 1. The maximum absolute atomic E-state index is 12.4. The number of carbonyl (C=O) groups excluding carboxylic acids is 1. The molecule has 134 valence electrons. The summed E-state index contributed by atoms with van der Waals surface area (Å²) in [6.07, 6.45) is 1.41. The molecule has 0 radical (unpaired) electrons. The van der Waals surface area contributed by atoms with Crippen LogP contribution >= 0.6 is 0 Å². The topological polar surface area (TPSA) is 84.8 Å². The number of likely N-dealkylation sites (tertiary alicyclic amines) is 1. The number of carbonyl (C=O) groups is 1. The van der Waals surface area contributed by atoms with Crippen LogP contribution in [0, 0.1) is 0 Å². The van der Waals surface area contributed by atoms with Gasteiger partial charge in [0.1, 0.15) is 23.7 Å². The second-order valence-corrected chi connectivity index (χ2v) is 6.23. The van der Waals surface area contributed by atoms with Crippen molar-refractivity contribution < 1.29 is 18.8 Å². The fourth-order valence-corrected chi connectivity index (χ4v) is 2.96. The minimum absolute atomic E-state index is 0.0162. The highest BCUT2D eigenvalue weighted by Gasteiger charge is 2.41. The van der Waals surface area contributed by atoms with Crippen LogP contribution in [-0.2, 0) is 16.0 Å². The average Bonchev–Trinajstić information content (AvgIpc) is 3.26. The lowest BCUT2D eigenvalue weighted by Crippen LogP contribution is -2.42. The number of nitrogens with one attached hydrogen (secondary N) is 1. The second kappa shape index (κ2) is 7.57. The van der Waals surface area contributed by atoms with E-state index < -0.39 is 5.60 Å². The summed E-state index contributed by atoms with van der Waals surface area (Å²) in [5.41, 5.74) is -0.785. The van der Waals surface area contributed by atoms with Gasteiger partial charge in [-0.15, -0.1) is 0 Å². The molecular weight excluding hydrogens is 324 g/mol. The van der Waals surface area contributed by atoms with E-state index >= 15 is 0 Å². The van der Waals surface area contributed by atoms with Crippen molar-refractivity contribution in [1.82, 2.24) is 10.1 Å².